The maximum absolute atomic E-state index is 5.54. The van der Waals surface area contributed by atoms with Crippen molar-refractivity contribution in [2.45, 2.75) is 31.7 Å². The lowest BCUT2D eigenvalue weighted by Crippen LogP contribution is -2.21. The van der Waals surface area contributed by atoms with Crippen molar-refractivity contribution in [2.24, 2.45) is 0 Å². The highest BCUT2D eigenvalue weighted by Gasteiger charge is 2.22. The highest BCUT2D eigenvalue weighted by atomic mass is 16.5. The highest BCUT2D eigenvalue weighted by molar-refractivity contribution is 5.54. The van der Waals surface area contributed by atoms with Crippen LogP contribution in [0, 0.1) is 0 Å². The Kier molecular flexibility index (Phi) is 7.09. The third-order valence-corrected chi connectivity index (χ3v) is 5.48. The van der Waals surface area contributed by atoms with Crippen LogP contribution in [0.2, 0.25) is 0 Å². The Labute approximate surface area is 173 Å². The number of nitrogens with one attached hydrogen (secondary N) is 1. The topological polar surface area (TPSA) is 58.2 Å². The molecule has 0 amide bonds. The van der Waals surface area contributed by atoms with Crippen LogP contribution in [0.1, 0.15) is 35.6 Å². The molecule has 0 aliphatic carbocycles. The van der Waals surface area contributed by atoms with Gasteiger partial charge in [0.2, 0.25) is 5.75 Å². The van der Waals surface area contributed by atoms with Gasteiger partial charge in [-0.2, -0.15) is 0 Å². The minimum Gasteiger partial charge on any atom is -0.493 e. The van der Waals surface area contributed by atoms with Gasteiger partial charge in [0.1, 0.15) is 0 Å². The van der Waals surface area contributed by atoms with Gasteiger partial charge < -0.3 is 29.0 Å². The Bertz CT molecular complexity index is 811. The number of hydrogen-bond donors (Lipinski definition) is 1. The first kappa shape index (κ1) is 21.1. The lowest BCUT2D eigenvalue weighted by Gasteiger charge is -2.21. The molecule has 0 fully saturated rings. The van der Waals surface area contributed by atoms with Gasteiger partial charge in [0.05, 0.1) is 35.5 Å². The molecule has 2 aromatic carbocycles. The summed E-state index contributed by atoms with van der Waals surface area (Å²) in [5.41, 5.74) is 3.75. The van der Waals surface area contributed by atoms with Crippen molar-refractivity contribution in [3.8, 4) is 28.7 Å². The second-order valence-corrected chi connectivity index (χ2v) is 7.09. The van der Waals surface area contributed by atoms with E-state index < -0.39 is 0 Å². The van der Waals surface area contributed by atoms with Crippen LogP contribution in [0.5, 0.6) is 28.7 Å². The molecule has 1 aliphatic rings. The Hall–Kier alpha value is -2.60. The summed E-state index contributed by atoms with van der Waals surface area (Å²) in [7, 11) is 8.27. The van der Waals surface area contributed by atoms with Gasteiger partial charge in [-0.3, -0.25) is 0 Å². The summed E-state index contributed by atoms with van der Waals surface area (Å²) in [6.45, 7) is 0.985. The maximum Gasteiger partial charge on any atom is 0.203 e. The van der Waals surface area contributed by atoms with E-state index in [0.717, 1.165) is 49.3 Å². The number of methoxy groups -OCH3 is 5. The predicted molar refractivity (Wildman–Crippen MR) is 113 cm³/mol. The molecular formula is C23H31NO5. The number of hydrogen-bond acceptors (Lipinski definition) is 6. The zero-order valence-corrected chi connectivity index (χ0v) is 18.0. The predicted octanol–water partition coefficient (Wildman–Crippen LogP) is 3.94. The van der Waals surface area contributed by atoms with Gasteiger partial charge in [-0.15, -0.1) is 0 Å². The molecule has 3 rings (SSSR count). The fourth-order valence-electron chi connectivity index (χ4n) is 3.99. The molecule has 1 heterocycles. The van der Waals surface area contributed by atoms with E-state index in [-0.39, 0.29) is 6.04 Å². The number of benzene rings is 2. The van der Waals surface area contributed by atoms with Crippen molar-refractivity contribution < 1.29 is 23.7 Å². The molecule has 0 spiro atoms. The van der Waals surface area contributed by atoms with E-state index >= 15 is 0 Å². The molecule has 0 saturated carbocycles. The van der Waals surface area contributed by atoms with E-state index in [0.29, 0.717) is 17.2 Å². The number of ether oxygens (including phenoxy) is 5. The monoisotopic (exact) mass is 401 g/mol. The first-order valence-corrected chi connectivity index (χ1v) is 9.92. The van der Waals surface area contributed by atoms with E-state index in [1.165, 1.54) is 11.1 Å². The third kappa shape index (κ3) is 4.53. The molecule has 0 radical (unpaired) electrons. The van der Waals surface area contributed by atoms with Gasteiger partial charge in [0.15, 0.2) is 23.0 Å². The molecule has 158 valence electrons. The summed E-state index contributed by atoms with van der Waals surface area (Å²) < 4.78 is 27.5. The van der Waals surface area contributed by atoms with E-state index in [1.54, 1.807) is 35.5 Å². The van der Waals surface area contributed by atoms with Crippen molar-refractivity contribution in [3.05, 3.63) is 41.0 Å². The quantitative estimate of drug-likeness (QED) is 0.723. The molecule has 1 N–H and O–H groups in total. The second kappa shape index (κ2) is 9.74. The number of fused-ring (bicyclic) bond motifs is 1. The molecule has 6 nitrogen and oxygen atoms in total. The van der Waals surface area contributed by atoms with Gasteiger partial charge in [-0.1, -0.05) is 0 Å². The molecule has 0 bridgehead atoms. The lowest BCUT2D eigenvalue weighted by atomic mass is 9.93. The highest BCUT2D eigenvalue weighted by Crippen LogP contribution is 2.40. The van der Waals surface area contributed by atoms with Gasteiger partial charge in [0, 0.05) is 6.04 Å². The van der Waals surface area contributed by atoms with Crippen LogP contribution in [-0.2, 0) is 12.8 Å². The molecule has 6 heteroatoms. The summed E-state index contributed by atoms with van der Waals surface area (Å²) in [5, 5.41) is 3.69. The molecule has 0 saturated heterocycles. The molecule has 0 aromatic heterocycles. The van der Waals surface area contributed by atoms with Crippen LogP contribution < -0.4 is 29.0 Å². The Balaban J connectivity index is 1.86. The van der Waals surface area contributed by atoms with Crippen LogP contribution in [-0.4, -0.2) is 42.1 Å². The van der Waals surface area contributed by atoms with Gasteiger partial charge in [0.25, 0.3) is 0 Å². The van der Waals surface area contributed by atoms with Crippen molar-refractivity contribution >= 4 is 0 Å². The van der Waals surface area contributed by atoms with E-state index in [2.05, 4.69) is 17.4 Å². The van der Waals surface area contributed by atoms with Crippen LogP contribution in [0.3, 0.4) is 0 Å². The lowest BCUT2D eigenvalue weighted by molar-refractivity contribution is 0.323. The smallest absolute Gasteiger partial charge is 0.203 e. The molecule has 1 aliphatic heterocycles. The summed E-state index contributed by atoms with van der Waals surface area (Å²) in [6.07, 6.45) is 3.95. The largest absolute Gasteiger partial charge is 0.493 e. The first-order chi connectivity index (χ1) is 14.1. The molecule has 1 unspecified atom stereocenters. The molecule has 2 aromatic rings. The molecule has 1 atom stereocenters. The number of rotatable bonds is 8. The van der Waals surface area contributed by atoms with E-state index in [9.17, 15) is 0 Å². The molecule has 29 heavy (non-hydrogen) atoms. The fourth-order valence-corrected chi connectivity index (χ4v) is 3.99. The van der Waals surface area contributed by atoms with Crippen LogP contribution in [0.25, 0.3) is 0 Å². The summed E-state index contributed by atoms with van der Waals surface area (Å²) in [5.74, 6) is 3.54. The van der Waals surface area contributed by atoms with Crippen molar-refractivity contribution in [2.75, 3.05) is 42.1 Å². The van der Waals surface area contributed by atoms with Crippen molar-refractivity contribution in [1.82, 2.24) is 5.32 Å². The second-order valence-electron chi connectivity index (χ2n) is 7.09. The normalized spacial score (nSPS) is 15.8. The maximum atomic E-state index is 5.54. The summed E-state index contributed by atoms with van der Waals surface area (Å²) in [6, 6.07) is 8.52. The van der Waals surface area contributed by atoms with Crippen LogP contribution in [0.4, 0.5) is 0 Å². The van der Waals surface area contributed by atoms with Crippen molar-refractivity contribution in [1.29, 1.82) is 0 Å². The summed E-state index contributed by atoms with van der Waals surface area (Å²) >= 11 is 0. The minimum atomic E-state index is 0.242. The van der Waals surface area contributed by atoms with Gasteiger partial charge in [-0.25, -0.2) is 0 Å². The average Bonchev–Trinajstić information content (AvgIpc) is 2.97. The SMILES string of the molecule is COc1cc2c(cc1OC)C(CCc1cc(OC)c(OC)c(OC)c1)NCCC2. The van der Waals surface area contributed by atoms with Crippen LogP contribution in [0.15, 0.2) is 24.3 Å². The van der Waals surface area contributed by atoms with Crippen LogP contribution >= 0.6 is 0 Å². The fraction of sp³-hybridized carbons (Fsp3) is 0.478. The number of aryl methyl sites for hydroxylation is 2. The Morgan fingerprint density at radius 2 is 1.41 bits per heavy atom. The summed E-state index contributed by atoms with van der Waals surface area (Å²) in [4.78, 5) is 0. The van der Waals surface area contributed by atoms with Gasteiger partial charge in [-0.05, 0) is 73.2 Å². The van der Waals surface area contributed by atoms with Crippen molar-refractivity contribution in [3.63, 3.8) is 0 Å². The van der Waals surface area contributed by atoms with Gasteiger partial charge >= 0.3 is 0 Å². The van der Waals surface area contributed by atoms with E-state index in [4.69, 9.17) is 23.7 Å². The first-order valence-electron chi connectivity index (χ1n) is 9.92. The van der Waals surface area contributed by atoms with E-state index in [1.807, 2.05) is 12.1 Å². The average molecular weight is 402 g/mol. The minimum absolute atomic E-state index is 0.242. The zero-order valence-electron chi connectivity index (χ0n) is 18.0. The standard InChI is InChI=1S/C23H31NO5/c1-25-19-13-16-7-6-10-24-18(17(16)14-20(19)26-2)9-8-15-11-21(27-3)23(29-5)22(12-15)28-4/h11-14,18,24H,6-10H2,1-5H3. The Morgan fingerprint density at radius 1 is 0.793 bits per heavy atom. The zero-order chi connectivity index (χ0) is 20.8. The third-order valence-electron chi connectivity index (χ3n) is 5.48. The molecular weight excluding hydrogens is 370 g/mol. The Morgan fingerprint density at radius 3 is 2.00 bits per heavy atom.